The van der Waals surface area contributed by atoms with Crippen LogP contribution in [0.25, 0.3) is 11.1 Å². The van der Waals surface area contributed by atoms with Crippen molar-refractivity contribution in [2.75, 3.05) is 0 Å². The third kappa shape index (κ3) is 15.3. The number of phenolic OH excluding ortho intramolecular Hbond substituents is 8. The van der Waals surface area contributed by atoms with Gasteiger partial charge in [-0.05, 0) is 191 Å². The fourth-order valence-corrected chi connectivity index (χ4v) is 10.2. The first-order chi connectivity index (χ1) is 44.6. The van der Waals surface area contributed by atoms with E-state index in [9.17, 15) is 40.9 Å². The molecule has 0 saturated carbocycles. The van der Waals surface area contributed by atoms with Crippen molar-refractivity contribution >= 4 is 56.7 Å². The molecule has 448 valence electrons. The molecule has 0 amide bonds. The van der Waals surface area contributed by atoms with Gasteiger partial charge < -0.3 is 40.9 Å². The second-order valence-electron chi connectivity index (χ2n) is 21.4. The molecule has 8 N–H and O–H groups in total. The van der Waals surface area contributed by atoms with Gasteiger partial charge in [-0.2, -0.15) is 0 Å². The van der Waals surface area contributed by atoms with Gasteiger partial charge in [-0.25, -0.2) is 20.0 Å². The molecule has 0 unspecified atom stereocenters. The fraction of sp³-hybridized carbons (Fsp3) is 0. The zero-order valence-corrected chi connectivity index (χ0v) is 49.5. The third-order valence-electron chi connectivity index (χ3n) is 14.8. The van der Waals surface area contributed by atoms with E-state index in [1.165, 1.54) is 0 Å². The van der Waals surface area contributed by atoms with Crippen LogP contribution in [0.4, 0.5) is 22.7 Å². The van der Waals surface area contributed by atoms with Gasteiger partial charge in [-0.15, -0.1) is 0 Å². The molecule has 92 heavy (non-hydrogen) atoms. The zero-order valence-electron chi connectivity index (χ0n) is 49.5. The smallest absolute Gasteiger partial charge is 0.116 e. The summed E-state index contributed by atoms with van der Waals surface area (Å²) in [4.78, 5) is 19.5. The van der Waals surface area contributed by atoms with E-state index in [0.29, 0.717) is 39.9 Å². The van der Waals surface area contributed by atoms with Crippen LogP contribution >= 0.6 is 0 Å². The quantitative estimate of drug-likeness (QED) is 0.0435. The normalized spacial score (nSPS) is 10.9. The topological polar surface area (TPSA) is 211 Å². The Labute approximate surface area is 532 Å². The first-order valence-corrected chi connectivity index (χ1v) is 29.1. The molecule has 12 aromatic carbocycles. The fourth-order valence-electron chi connectivity index (χ4n) is 10.2. The summed E-state index contributed by atoms with van der Waals surface area (Å²) >= 11 is 0. The van der Waals surface area contributed by atoms with Gasteiger partial charge in [0.05, 0.1) is 45.6 Å². The second-order valence-corrected chi connectivity index (χ2v) is 21.4. The molecule has 0 spiro atoms. The van der Waals surface area contributed by atoms with Crippen LogP contribution < -0.4 is 0 Å². The summed E-state index contributed by atoms with van der Waals surface area (Å²) in [5, 5.41) is 80.3. The lowest BCUT2D eigenvalue weighted by atomic mass is 9.98. The minimum absolute atomic E-state index is 0.128. The highest BCUT2D eigenvalue weighted by atomic mass is 16.3. The van der Waals surface area contributed by atoms with Crippen molar-refractivity contribution in [2.24, 2.45) is 20.0 Å². The van der Waals surface area contributed by atoms with Gasteiger partial charge in [-0.1, -0.05) is 147 Å². The molecule has 0 bridgehead atoms. The molecule has 0 fully saturated rings. The van der Waals surface area contributed by atoms with Gasteiger partial charge in [0, 0.05) is 44.5 Å². The average Bonchev–Trinajstić information content (AvgIpc) is 1.37. The summed E-state index contributed by atoms with van der Waals surface area (Å²) < 4.78 is 0. The van der Waals surface area contributed by atoms with Crippen LogP contribution in [0.5, 0.6) is 46.0 Å². The molecule has 0 heterocycles. The predicted molar refractivity (Wildman–Crippen MR) is 368 cm³/mol. The van der Waals surface area contributed by atoms with E-state index in [4.69, 9.17) is 20.0 Å². The Balaban J connectivity index is 0.000000188. The van der Waals surface area contributed by atoms with Gasteiger partial charge in [0.1, 0.15) is 46.0 Å². The number of benzene rings is 12. The van der Waals surface area contributed by atoms with Gasteiger partial charge >= 0.3 is 0 Å². The molecule has 0 aliphatic heterocycles. The molecule has 0 aromatic heterocycles. The van der Waals surface area contributed by atoms with Crippen LogP contribution in [0.3, 0.4) is 0 Å². The molecular weight excluding hydrogens is 1140 g/mol. The van der Waals surface area contributed by atoms with E-state index in [1.54, 1.807) is 152 Å². The Hall–Kier alpha value is -12.8. The monoisotopic (exact) mass is 1200 g/mol. The third-order valence-corrected chi connectivity index (χ3v) is 14.8. The minimum atomic E-state index is 0.128. The summed E-state index contributed by atoms with van der Waals surface area (Å²) in [6.45, 7) is 8.65. The Bertz CT molecular complexity index is 4490. The number of aromatic hydroxyl groups is 8. The van der Waals surface area contributed by atoms with Crippen LogP contribution in [-0.4, -0.2) is 63.7 Å². The largest absolute Gasteiger partial charge is 0.508 e. The highest BCUT2D eigenvalue weighted by Crippen LogP contribution is 2.32. The van der Waals surface area contributed by atoms with Crippen molar-refractivity contribution in [3.63, 3.8) is 0 Å². The van der Waals surface area contributed by atoms with Crippen molar-refractivity contribution < 1.29 is 40.9 Å². The molecule has 12 rings (SSSR count). The van der Waals surface area contributed by atoms with Gasteiger partial charge in [0.25, 0.3) is 0 Å². The molecule has 0 atom stereocenters. The lowest BCUT2D eigenvalue weighted by Gasteiger charge is -2.11. The van der Waals surface area contributed by atoms with Crippen molar-refractivity contribution in [3.8, 4) is 46.0 Å². The predicted octanol–water partition coefficient (Wildman–Crippen LogP) is 17.8. The molecule has 12 heteroatoms. The summed E-state index contributed by atoms with van der Waals surface area (Å²) in [5.41, 5.74) is 16.6. The average molecular weight is 1210 g/mol. The number of hydrogen-bond acceptors (Lipinski definition) is 12. The summed E-state index contributed by atoms with van der Waals surface area (Å²) in [6.07, 6.45) is 0. The van der Waals surface area contributed by atoms with Crippen molar-refractivity contribution in [2.45, 2.75) is 0 Å². The molecule has 0 saturated heterocycles. The first kappa shape index (κ1) is 60.9. The van der Waals surface area contributed by atoms with Crippen molar-refractivity contribution in [1.29, 1.82) is 0 Å². The van der Waals surface area contributed by atoms with E-state index in [-0.39, 0.29) is 46.0 Å². The Morgan fingerprint density at radius 2 is 0.359 bits per heavy atom. The van der Waals surface area contributed by atoms with Gasteiger partial charge in [0.15, 0.2) is 0 Å². The van der Waals surface area contributed by atoms with Crippen molar-refractivity contribution in [1.82, 2.24) is 0 Å². The summed E-state index contributed by atoms with van der Waals surface area (Å²) in [6, 6.07) is 85.8. The van der Waals surface area contributed by atoms with Crippen molar-refractivity contribution in [3.05, 3.63) is 371 Å². The molecule has 0 radical (unpaired) electrons. The lowest BCUT2D eigenvalue weighted by Crippen LogP contribution is -2.03. The standard InChI is InChI=1S/2C40H30N2O4/c1-26(27-14-18-33(19-15-27)41-39(29-6-2-10-35(43)22-29)30-7-3-11-36(44)23-30)28-16-20-34(21-17-28)42-40(31-8-4-12-37(45)24-31)32-9-5-13-38(46)25-32;1-26(27-11-17-33(18-12-27)41-39(29-15-21-35(43)22-16-29)30-5-2-8-36(44)23-30)28-13-19-34(20-14-28)42-40(31-6-3-9-37(45)24-31)32-7-4-10-38(46)25-32/h2*2-25,43-46H,1H2. The summed E-state index contributed by atoms with van der Waals surface area (Å²) in [5.74, 6) is 1.08. The first-order valence-electron chi connectivity index (χ1n) is 29.1. The van der Waals surface area contributed by atoms with Gasteiger partial charge in [0.2, 0.25) is 0 Å². The van der Waals surface area contributed by atoms with E-state index in [1.807, 2.05) is 140 Å². The Morgan fingerprint density at radius 1 is 0.185 bits per heavy atom. The highest BCUT2D eigenvalue weighted by Gasteiger charge is 2.15. The van der Waals surface area contributed by atoms with Crippen LogP contribution in [0.2, 0.25) is 0 Å². The second kappa shape index (κ2) is 27.9. The SMILES string of the molecule is C=C(c1ccc(N=C(c2ccc(O)cc2)c2cccc(O)c2)cc1)c1ccc(N=C(c2cccc(O)c2)c2cccc(O)c2)cc1.C=C(c1ccc(N=C(c2cccc(O)c2)c2cccc(O)c2)cc1)c1ccc(N=C(c2cccc(O)c2)c2cccc(O)c2)cc1. The Morgan fingerprint density at radius 3 is 0.543 bits per heavy atom. The highest BCUT2D eigenvalue weighted by molar-refractivity contribution is 6.16. The number of phenols is 8. The van der Waals surface area contributed by atoms with E-state index < -0.39 is 0 Å². The minimum Gasteiger partial charge on any atom is -0.508 e. The number of hydrogen-bond donors (Lipinski definition) is 8. The van der Waals surface area contributed by atoms with E-state index in [2.05, 4.69) is 13.2 Å². The Kier molecular flexibility index (Phi) is 18.5. The lowest BCUT2D eigenvalue weighted by molar-refractivity contribution is 0.474. The maximum Gasteiger partial charge on any atom is 0.116 e. The van der Waals surface area contributed by atoms with Gasteiger partial charge in [-0.3, -0.25) is 0 Å². The van der Waals surface area contributed by atoms with E-state index in [0.717, 1.165) is 83.6 Å². The molecule has 0 aliphatic carbocycles. The number of aliphatic imine (C=N–C) groups is 4. The van der Waals surface area contributed by atoms with E-state index >= 15 is 0 Å². The zero-order chi connectivity index (χ0) is 64.1. The van der Waals surface area contributed by atoms with Crippen LogP contribution in [-0.2, 0) is 0 Å². The molecule has 0 aliphatic rings. The molecular formula is C80H60N4O8. The summed E-state index contributed by atoms with van der Waals surface area (Å²) in [7, 11) is 0. The number of nitrogens with zero attached hydrogens (tertiary/aromatic N) is 4. The molecule has 12 nitrogen and oxygen atoms in total. The molecule has 12 aromatic rings. The maximum absolute atomic E-state index is 10.1. The van der Waals surface area contributed by atoms with Crippen LogP contribution in [0, 0.1) is 0 Å². The van der Waals surface area contributed by atoms with Crippen LogP contribution in [0.15, 0.2) is 324 Å². The number of rotatable bonds is 16. The van der Waals surface area contributed by atoms with Crippen LogP contribution in [0.1, 0.15) is 66.8 Å². The maximum atomic E-state index is 10.1.